The summed E-state index contributed by atoms with van der Waals surface area (Å²) >= 11 is 2.42. The first-order valence-electron chi connectivity index (χ1n) is 12.1. The molecule has 3 fully saturated rings. The average molecular weight is 530 g/mol. The molecule has 5 rings (SSSR count). The van der Waals surface area contributed by atoms with Crippen LogP contribution in [0.2, 0.25) is 0 Å². The Bertz CT molecular complexity index is 851. The van der Waals surface area contributed by atoms with E-state index in [2.05, 4.69) is 87.0 Å². The lowest BCUT2D eigenvalue weighted by Crippen LogP contribution is -2.58. The fourth-order valence-electron chi connectivity index (χ4n) is 6.45. The second-order valence-corrected chi connectivity index (χ2v) is 11.1. The molecule has 3 aliphatic rings. The van der Waals surface area contributed by atoms with E-state index in [0.29, 0.717) is 23.9 Å². The molecule has 0 spiro atoms. The van der Waals surface area contributed by atoms with Crippen LogP contribution in [0.4, 0.5) is 0 Å². The van der Waals surface area contributed by atoms with Crippen LogP contribution in [0, 0.1) is 9.49 Å². The van der Waals surface area contributed by atoms with Crippen LogP contribution < -0.4 is 0 Å². The van der Waals surface area contributed by atoms with Gasteiger partial charge in [0.25, 0.3) is 0 Å². The van der Waals surface area contributed by atoms with Crippen LogP contribution in [0.1, 0.15) is 55.6 Å². The van der Waals surface area contributed by atoms with Gasteiger partial charge in [0.05, 0.1) is 6.10 Å². The van der Waals surface area contributed by atoms with Crippen molar-refractivity contribution in [3.8, 4) is 0 Å². The molecule has 2 aromatic carbocycles. The van der Waals surface area contributed by atoms with Crippen molar-refractivity contribution in [2.24, 2.45) is 5.92 Å². The third-order valence-corrected chi connectivity index (χ3v) is 8.72. The highest BCUT2D eigenvalue weighted by atomic mass is 127. The molecule has 2 heterocycles. The highest BCUT2D eigenvalue weighted by Crippen LogP contribution is 2.39. The van der Waals surface area contributed by atoms with Crippen molar-refractivity contribution in [3.63, 3.8) is 0 Å². The zero-order valence-electron chi connectivity index (χ0n) is 18.4. The van der Waals surface area contributed by atoms with Crippen LogP contribution in [0.5, 0.6) is 0 Å². The maximum atomic E-state index is 11.1. The molecule has 1 saturated carbocycles. The molecule has 166 valence electrons. The zero-order chi connectivity index (χ0) is 21.2. The topological polar surface area (TPSA) is 26.7 Å². The minimum Gasteiger partial charge on any atom is -0.391 e. The Morgan fingerprint density at radius 3 is 2.45 bits per heavy atom. The summed E-state index contributed by atoms with van der Waals surface area (Å²) in [7, 11) is 0. The summed E-state index contributed by atoms with van der Waals surface area (Å²) in [4.78, 5) is 5.35. The number of benzene rings is 2. The Balaban J connectivity index is 1.24. The van der Waals surface area contributed by atoms with Crippen LogP contribution >= 0.6 is 22.6 Å². The predicted molar refractivity (Wildman–Crippen MR) is 135 cm³/mol. The van der Waals surface area contributed by atoms with E-state index in [0.717, 1.165) is 32.5 Å². The number of hydrogen-bond acceptors (Lipinski definition) is 3. The van der Waals surface area contributed by atoms with Crippen molar-refractivity contribution in [3.05, 3.63) is 69.3 Å². The van der Waals surface area contributed by atoms with E-state index >= 15 is 0 Å². The van der Waals surface area contributed by atoms with E-state index < -0.39 is 0 Å². The highest BCUT2D eigenvalue weighted by molar-refractivity contribution is 14.1. The number of halogens is 1. The second-order valence-electron chi connectivity index (χ2n) is 9.90. The normalized spacial score (nSPS) is 30.8. The Morgan fingerprint density at radius 2 is 1.68 bits per heavy atom. The van der Waals surface area contributed by atoms with Gasteiger partial charge in [-0.25, -0.2) is 0 Å². The second kappa shape index (κ2) is 9.90. The van der Waals surface area contributed by atoms with Gasteiger partial charge in [-0.15, -0.1) is 0 Å². The molecular weight excluding hydrogens is 495 g/mol. The van der Waals surface area contributed by atoms with Crippen molar-refractivity contribution in [1.82, 2.24) is 9.80 Å². The summed E-state index contributed by atoms with van der Waals surface area (Å²) in [5, 5.41) is 11.1. The molecule has 0 radical (unpaired) electrons. The summed E-state index contributed by atoms with van der Waals surface area (Å²) < 4.78 is 1.32. The minimum absolute atomic E-state index is 0.160. The number of piperidine rings is 2. The summed E-state index contributed by atoms with van der Waals surface area (Å²) in [5.74, 6) is 1.34. The molecule has 1 N–H and O–H groups in total. The molecule has 0 aromatic heterocycles. The molecular formula is C27H35IN2O. The maximum absolute atomic E-state index is 11.1. The number of aliphatic hydroxyl groups excluding tert-OH is 1. The maximum Gasteiger partial charge on any atom is 0.0699 e. The van der Waals surface area contributed by atoms with Crippen molar-refractivity contribution < 1.29 is 5.11 Å². The fourth-order valence-corrected chi connectivity index (χ4v) is 7.06. The van der Waals surface area contributed by atoms with Gasteiger partial charge >= 0.3 is 0 Å². The van der Waals surface area contributed by atoms with Crippen molar-refractivity contribution in [1.29, 1.82) is 0 Å². The van der Waals surface area contributed by atoms with Crippen LogP contribution in [-0.4, -0.2) is 52.7 Å². The monoisotopic (exact) mass is 530 g/mol. The third kappa shape index (κ3) is 5.02. The van der Waals surface area contributed by atoms with Gasteiger partial charge in [-0.05, 0) is 116 Å². The number of hydrogen-bond donors (Lipinski definition) is 1. The average Bonchev–Trinajstić information content (AvgIpc) is 2.80. The van der Waals surface area contributed by atoms with Crippen molar-refractivity contribution in [2.75, 3.05) is 19.6 Å². The Labute approximate surface area is 201 Å². The van der Waals surface area contributed by atoms with Gasteiger partial charge in [0.2, 0.25) is 0 Å². The van der Waals surface area contributed by atoms with Gasteiger partial charge in [0.15, 0.2) is 0 Å². The summed E-state index contributed by atoms with van der Waals surface area (Å²) in [6, 6.07) is 20.9. The number of nitrogens with zero attached hydrogens (tertiary/aromatic N) is 2. The largest absolute Gasteiger partial charge is 0.391 e. The lowest BCUT2D eigenvalue weighted by atomic mass is 9.73. The smallest absolute Gasteiger partial charge is 0.0699 e. The van der Waals surface area contributed by atoms with E-state index in [-0.39, 0.29) is 6.10 Å². The van der Waals surface area contributed by atoms with E-state index in [4.69, 9.17) is 0 Å². The predicted octanol–water partition coefficient (Wildman–Crippen LogP) is 5.27. The highest BCUT2D eigenvalue weighted by Gasteiger charge is 2.43. The summed E-state index contributed by atoms with van der Waals surface area (Å²) in [6.45, 7) is 4.49. The van der Waals surface area contributed by atoms with Gasteiger partial charge < -0.3 is 5.11 Å². The molecule has 4 heteroatoms. The van der Waals surface area contributed by atoms with Crippen molar-refractivity contribution >= 4 is 22.6 Å². The first kappa shape index (κ1) is 21.9. The lowest BCUT2D eigenvalue weighted by Gasteiger charge is -2.51. The SMILES string of the molecule is O[C@@H]1C[C@H]2CCCN(Cc3cccc(I)c3)[C@@H]2C[C@H]1N1CCC(c2ccccc2)CC1. The van der Waals surface area contributed by atoms with Crippen molar-refractivity contribution in [2.45, 2.75) is 69.2 Å². The number of rotatable bonds is 4. The number of aliphatic hydroxyl groups is 1. The molecule has 0 amide bonds. The van der Waals surface area contributed by atoms with E-state index in [1.807, 2.05) is 0 Å². The molecule has 1 aliphatic carbocycles. The molecule has 2 saturated heterocycles. The van der Waals surface area contributed by atoms with E-state index in [9.17, 15) is 5.11 Å². The van der Waals surface area contributed by atoms with Crippen LogP contribution in [-0.2, 0) is 6.54 Å². The van der Waals surface area contributed by atoms with Gasteiger partial charge in [0.1, 0.15) is 0 Å². The fraction of sp³-hybridized carbons (Fsp3) is 0.556. The summed E-state index contributed by atoms with van der Waals surface area (Å²) in [5.41, 5.74) is 2.92. The Morgan fingerprint density at radius 1 is 0.871 bits per heavy atom. The quantitative estimate of drug-likeness (QED) is 0.546. The molecule has 0 unspecified atom stereocenters. The molecule has 2 aliphatic heterocycles. The summed E-state index contributed by atoms with van der Waals surface area (Å²) in [6.07, 6.45) is 6.94. The number of fused-ring (bicyclic) bond motifs is 1. The zero-order valence-corrected chi connectivity index (χ0v) is 20.5. The molecule has 3 nitrogen and oxygen atoms in total. The Hall–Kier alpha value is -0.950. The molecule has 2 aromatic rings. The van der Waals surface area contributed by atoms with E-state index in [1.165, 1.54) is 46.9 Å². The van der Waals surface area contributed by atoms with Crippen LogP contribution in [0.3, 0.4) is 0 Å². The third-order valence-electron chi connectivity index (χ3n) is 8.05. The van der Waals surface area contributed by atoms with Crippen LogP contribution in [0.15, 0.2) is 54.6 Å². The number of likely N-dealkylation sites (tertiary alicyclic amines) is 2. The van der Waals surface area contributed by atoms with Crippen LogP contribution in [0.25, 0.3) is 0 Å². The standard InChI is InChI=1S/C27H35IN2O/c28-24-10-4-6-20(16-24)19-30-13-5-9-23-17-27(31)26(18-25(23)30)29-14-11-22(12-15-29)21-7-2-1-3-8-21/h1-4,6-8,10,16,22-23,25-27,31H,5,9,11-15,17-19H2/t23-,25-,26-,27-/m1/s1. The van der Waals surface area contributed by atoms with Gasteiger partial charge in [0, 0.05) is 22.2 Å². The first-order valence-corrected chi connectivity index (χ1v) is 13.2. The minimum atomic E-state index is -0.160. The van der Waals surface area contributed by atoms with E-state index in [1.54, 1.807) is 0 Å². The van der Waals surface area contributed by atoms with Gasteiger partial charge in [-0.2, -0.15) is 0 Å². The lowest BCUT2D eigenvalue weighted by molar-refractivity contribution is -0.0602. The van der Waals surface area contributed by atoms with Gasteiger partial charge in [-0.1, -0.05) is 42.5 Å². The first-order chi connectivity index (χ1) is 15.2. The van der Waals surface area contributed by atoms with Gasteiger partial charge in [-0.3, -0.25) is 9.80 Å². The Kier molecular flexibility index (Phi) is 6.98. The molecule has 31 heavy (non-hydrogen) atoms. The molecule has 4 atom stereocenters. The molecule has 0 bridgehead atoms.